The summed E-state index contributed by atoms with van der Waals surface area (Å²) in [5.41, 5.74) is 3.73. The van der Waals surface area contributed by atoms with Gasteiger partial charge in [-0.25, -0.2) is 9.78 Å². The molecule has 0 radical (unpaired) electrons. The largest absolute Gasteiger partial charge is 0.465 e. The summed E-state index contributed by atoms with van der Waals surface area (Å²) in [4.78, 5) is 23.0. The Morgan fingerprint density at radius 1 is 1.15 bits per heavy atom. The number of nitrogens with zero attached hydrogens (tertiary/aromatic N) is 3. The molecule has 1 aromatic heterocycles. The third kappa shape index (κ3) is 3.60. The molecule has 2 heterocycles. The Balaban J connectivity index is 1.60. The number of aryl methyl sites for hydroxylation is 1. The van der Waals surface area contributed by atoms with Gasteiger partial charge in [-0.3, -0.25) is 0 Å². The van der Waals surface area contributed by atoms with E-state index in [1.54, 1.807) is 24.4 Å². The number of nitrogens with one attached hydrogen (secondary N) is 1. The summed E-state index contributed by atoms with van der Waals surface area (Å²) in [7, 11) is 1.37. The van der Waals surface area contributed by atoms with E-state index >= 15 is 0 Å². The molecule has 4 rings (SSSR count). The predicted molar refractivity (Wildman–Crippen MR) is 105 cm³/mol. The van der Waals surface area contributed by atoms with E-state index in [0.29, 0.717) is 17.3 Å². The van der Waals surface area contributed by atoms with Crippen LogP contribution in [0.25, 0.3) is 0 Å². The normalized spacial score (nSPS) is 13.0. The first kappa shape index (κ1) is 17.0. The second kappa shape index (κ2) is 7.45. The van der Waals surface area contributed by atoms with Gasteiger partial charge in [-0.1, -0.05) is 24.3 Å². The van der Waals surface area contributed by atoms with Gasteiger partial charge in [0.2, 0.25) is 5.95 Å². The SMILES string of the molecule is COC(=O)c1cccc(Nc2ccnc(N3CCCc4ccccc43)n2)c1. The molecule has 0 aliphatic carbocycles. The van der Waals surface area contributed by atoms with Crippen LogP contribution in [0, 0.1) is 0 Å². The first-order valence-corrected chi connectivity index (χ1v) is 8.88. The van der Waals surface area contributed by atoms with Gasteiger partial charge in [0.05, 0.1) is 12.7 Å². The van der Waals surface area contributed by atoms with E-state index in [1.807, 2.05) is 18.2 Å². The molecule has 0 saturated heterocycles. The number of methoxy groups -OCH3 is 1. The molecular formula is C21H20N4O2. The van der Waals surface area contributed by atoms with E-state index in [-0.39, 0.29) is 5.97 Å². The number of aromatic nitrogens is 2. The highest BCUT2D eigenvalue weighted by Gasteiger charge is 2.20. The molecule has 3 aromatic rings. The monoisotopic (exact) mass is 360 g/mol. The minimum atomic E-state index is -0.369. The summed E-state index contributed by atoms with van der Waals surface area (Å²) in [5, 5.41) is 3.24. The van der Waals surface area contributed by atoms with Crippen molar-refractivity contribution < 1.29 is 9.53 Å². The summed E-state index contributed by atoms with van der Waals surface area (Å²) < 4.78 is 4.77. The van der Waals surface area contributed by atoms with E-state index < -0.39 is 0 Å². The van der Waals surface area contributed by atoms with Crippen molar-refractivity contribution in [1.29, 1.82) is 0 Å². The maximum atomic E-state index is 11.7. The number of anilines is 4. The highest BCUT2D eigenvalue weighted by molar-refractivity contribution is 5.90. The smallest absolute Gasteiger partial charge is 0.337 e. The van der Waals surface area contributed by atoms with Crippen LogP contribution < -0.4 is 10.2 Å². The van der Waals surface area contributed by atoms with Crippen LogP contribution in [0.1, 0.15) is 22.3 Å². The molecule has 0 spiro atoms. The van der Waals surface area contributed by atoms with Crippen molar-refractivity contribution >= 4 is 29.1 Å². The van der Waals surface area contributed by atoms with Gasteiger partial charge in [0.1, 0.15) is 5.82 Å². The number of rotatable bonds is 4. The Bertz CT molecular complexity index is 974. The molecule has 1 N–H and O–H groups in total. The second-order valence-corrected chi connectivity index (χ2v) is 6.32. The highest BCUT2D eigenvalue weighted by atomic mass is 16.5. The van der Waals surface area contributed by atoms with E-state index in [1.165, 1.54) is 12.7 Å². The maximum absolute atomic E-state index is 11.7. The number of carbonyl (C=O) groups excluding carboxylic acids is 1. The lowest BCUT2D eigenvalue weighted by molar-refractivity contribution is 0.0601. The second-order valence-electron chi connectivity index (χ2n) is 6.32. The highest BCUT2D eigenvalue weighted by Crippen LogP contribution is 2.31. The topological polar surface area (TPSA) is 67.3 Å². The van der Waals surface area contributed by atoms with Crippen molar-refractivity contribution in [2.45, 2.75) is 12.8 Å². The van der Waals surface area contributed by atoms with Crippen molar-refractivity contribution in [2.75, 3.05) is 23.9 Å². The van der Waals surface area contributed by atoms with Gasteiger partial charge in [0.15, 0.2) is 0 Å². The maximum Gasteiger partial charge on any atom is 0.337 e. The van der Waals surface area contributed by atoms with Crippen LogP contribution in [0.5, 0.6) is 0 Å². The number of ether oxygens (including phenoxy) is 1. The van der Waals surface area contributed by atoms with Gasteiger partial charge >= 0.3 is 5.97 Å². The Morgan fingerprint density at radius 2 is 2.04 bits per heavy atom. The van der Waals surface area contributed by atoms with Gasteiger partial charge < -0.3 is 15.0 Å². The Kier molecular flexibility index (Phi) is 4.70. The van der Waals surface area contributed by atoms with Crippen molar-refractivity contribution in [2.24, 2.45) is 0 Å². The van der Waals surface area contributed by atoms with Crippen molar-refractivity contribution in [3.8, 4) is 0 Å². The molecule has 27 heavy (non-hydrogen) atoms. The number of carbonyl (C=O) groups is 1. The molecule has 2 aromatic carbocycles. The zero-order valence-corrected chi connectivity index (χ0v) is 15.1. The minimum absolute atomic E-state index is 0.369. The minimum Gasteiger partial charge on any atom is -0.465 e. The molecular weight excluding hydrogens is 340 g/mol. The lowest BCUT2D eigenvalue weighted by atomic mass is 10.0. The summed E-state index contributed by atoms with van der Waals surface area (Å²) in [5.74, 6) is 0.966. The zero-order chi connectivity index (χ0) is 18.6. The van der Waals surface area contributed by atoms with Gasteiger partial charge in [0.25, 0.3) is 0 Å². The quantitative estimate of drug-likeness (QED) is 0.707. The lowest BCUT2D eigenvalue weighted by Crippen LogP contribution is -2.26. The number of fused-ring (bicyclic) bond motifs is 1. The molecule has 0 saturated carbocycles. The van der Waals surface area contributed by atoms with Crippen LogP contribution >= 0.6 is 0 Å². The first-order valence-electron chi connectivity index (χ1n) is 8.88. The lowest BCUT2D eigenvalue weighted by Gasteiger charge is -2.29. The summed E-state index contributed by atoms with van der Waals surface area (Å²) in [6, 6.07) is 17.3. The molecule has 136 valence electrons. The van der Waals surface area contributed by atoms with Crippen LogP contribution in [0.4, 0.5) is 23.1 Å². The van der Waals surface area contributed by atoms with Crippen molar-refractivity contribution in [3.63, 3.8) is 0 Å². The van der Waals surface area contributed by atoms with Gasteiger partial charge in [-0.2, -0.15) is 4.98 Å². The molecule has 1 aliphatic rings. The molecule has 0 amide bonds. The Labute approximate surface area is 157 Å². The number of benzene rings is 2. The molecule has 0 unspecified atom stereocenters. The number of hydrogen-bond donors (Lipinski definition) is 1. The third-order valence-corrected chi connectivity index (χ3v) is 4.55. The van der Waals surface area contributed by atoms with E-state index in [0.717, 1.165) is 30.8 Å². The number of hydrogen-bond acceptors (Lipinski definition) is 6. The standard InChI is InChI=1S/C21H20N4O2/c1-27-20(26)16-7-4-9-17(14-16)23-19-11-12-22-21(24-19)25-13-5-8-15-6-2-3-10-18(15)25/h2-4,6-7,9-12,14H,5,8,13H2,1H3,(H,22,23,24). The van der Waals surface area contributed by atoms with E-state index in [9.17, 15) is 4.79 Å². The molecule has 0 fully saturated rings. The van der Waals surface area contributed by atoms with Gasteiger partial charge in [-0.15, -0.1) is 0 Å². The predicted octanol–water partition coefficient (Wildman–Crippen LogP) is 4.09. The van der Waals surface area contributed by atoms with Crippen molar-refractivity contribution in [1.82, 2.24) is 9.97 Å². The van der Waals surface area contributed by atoms with E-state index in [2.05, 4.69) is 38.4 Å². The van der Waals surface area contributed by atoms with Crippen LogP contribution in [0.15, 0.2) is 60.8 Å². The molecule has 0 atom stereocenters. The third-order valence-electron chi connectivity index (χ3n) is 4.55. The molecule has 6 nitrogen and oxygen atoms in total. The number of esters is 1. The molecule has 1 aliphatic heterocycles. The fourth-order valence-electron chi connectivity index (χ4n) is 3.28. The van der Waals surface area contributed by atoms with Crippen LogP contribution in [0.3, 0.4) is 0 Å². The van der Waals surface area contributed by atoms with Gasteiger partial charge in [-0.05, 0) is 48.7 Å². The average Bonchev–Trinajstić information content (AvgIpc) is 2.73. The Hall–Kier alpha value is -3.41. The summed E-state index contributed by atoms with van der Waals surface area (Å²) >= 11 is 0. The van der Waals surface area contributed by atoms with Crippen LogP contribution in [0.2, 0.25) is 0 Å². The number of para-hydroxylation sites is 1. The van der Waals surface area contributed by atoms with E-state index in [4.69, 9.17) is 4.74 Å². The van der Waals surface area contributed by atoms with Crippen LogP contribution in [-0.4, -0.2) is 29.6 Å². The zero-order valence-electron chi connectivity index (χ0n) is 15.1. The van der Waals surface area contributed by atoms with Crippen LogP contribution in [-0.2, 0) is 11.2 Å². The first-order chi connectivity index (χ1) is 13.2. The van der Waals surface area contributed by atoms with Gasteiger partial charge in [0, 0.05) is 24.1 Å². The summed E-state index contributed by atoms with van der Waals surface area (Å²) in [6.07, 6.45) is 3.89. The molecule has 6 heteroatoms. The fraction of sp³-hybridized carbons (Fsp3) is 0.190. The van der Waals surface area contributed by atoms with Crippen molar-refractivity contribution in [3.05, 3.63) is 71.9 Å². The summed E-state index contributed by atoms with van der Waals surface area (Å²) in [6.45, 7) is 0.887. The molecule has 0 bridgehead atoms. The Morgan fingerprint density at radius 3 is 2.93 bits per heavy atom. The average molecular weight is 360 g/mol. The fourth-order valence-corrected chi connectivity index (χ4v) is 3.28.